The van der Waals surface area contributed by atoms with Crippen LogP contribution in [0.3, 0.4) is 0 Å². The van der Waals surface area contributed by atoms with E-state index in [4.69, 9.17) is 9.47 Å². The maximum absolute atomic E-state index is 13.1. The summed E-state index contributed by atoms with van der Waals surface area (Å²) in [4.78, 5) is 22.1. The zero-order valence-corrected chi connectivity index (χ0v) is 20.2. The van der Waals surface area contributed by atoms with Gasteiger partial charge in [0.2, 0.25) is 0 Å². The van der Waals surface area contributed by atoms with Gasteiger partial charge in [0.25, 0.3) is 5.91 Å². The van der Waals surface area contributed by atoms with Crippen LogP contribution in [0.4, 0.5) is 0 Å². The van der Waals surface area contributed by atoms with E-state index >= 15 is 0 Å². The van der Waals surface area contributed by atoms with Crippen molar-refractivity contribution < 1.29 is 14.3 Å². The molecule has 1 fully saturated rings. The number of methoxy groups -OCH3 is 1. The van der Waals surface area contributed by atoms with Gasteiger partial charge in [0, 0.05) is 50.7 Å². The maximum Gasteiger partial charge on any atom is 0.254 e. The molecule has 3 heterocycles. The van der Waals surface area contributed by atoms with Crippen LogP contribution in [0.25, 0.3) is 5.65 Å². The highest BCUT2D eigenvalue weighted by atomic mass is 16.5. The van der Waals surface area contributed by atoms with E-state index in [1.165, 1.54) is 5.56 Å². The van der Waals surface area contributed by atoms with Gasteiger partial charge in [0.1, 0.15) is 23.8 Å². The first kappa shape index (κ1) is 22.9. The van der Waals surface area contributed by atoms with Crippen molar-refractivity contribution in [3.8, 4) is 11.5 Å². The van der Waals surface area contributed by atoms with E-state index in [1.807, 2.05) is 77.1 Å². The summed E-state index contributed by atoms with van der Waals surface area (Å²) in [6.07, 6.45) is 3.96. The molecule has 1 aliphatic rings. The number of amides is 1. The largest absolute Gasteiger partial charge is 0.497 e. The highest BCUT2D eigenvalue weighted by Crippen LogP contribution is 2.19. The number of piperazine rings is 1. The molecule has 35 heavy (non-hydrogen) atoms. The van der Waals surface area contributed by atoms with Crippen LogP contribution < -0.4 is 9.47 Å². The molecule has 4 aromatic rings. The SMILES string of the molecule is COc1ccc(CN2CCN(C(=O)c3cccc(OCc4cn5cccc(C)c5n4)c3)CC2)cc1. The molecule has 180 valence electrons. The van der Waals surface area contributed by atoms with Crippen molar-refractivity contribution in [1.82, 2.24) is 19.2 Å². The molecule has 1 saturated heterocycles. The van der Waals surface area contributed by atoms with E-state index in [-0.39, 0.29) is 5.91 Å². The standard InChI is InChI=1S/C28H30N4O3/c1-21-5-4-12-32-19-24(29-27(21)32)20-35-26-7-3-6-23(17-26)28(33)31-15-13-30(14-16-31)18-22-8-10-25(34-2)11-9-22/h3-12,17,19H,13-16,18,20H2,1-2H3. The smallest absolute Gasteiger partial charge is 0.254 e. The number of aryl methyl sites for hydroxylation is 1. The third-order valence-corrected chi connectivity index (χ3v) is 6.42. The second-order valence-corrected chi connectivity index (χ2v) is 8.89. The number of nitrogens with zero attached hydrogens (tertiary/aromatic N) is 4. The first-order chi connectivity index (χ1) is 17.1. The van der Waals surface area contributed by atoms with Crippen molar-refractivity contribution in [2.24, 2.45) is 0 Å². The van der Waals surface area contributed by atoms with Crippen molar-refractivity contribution in [1.29, 1.82) is 0 Å². The Morgan fingerprint density at radius 1 is 0.971 bits per heavy atom. The van der Waals surface area contributed by atoms with Gasteiger partial charge >= 0.3 is 0 Å². The average molecular weight is 471 g/mol. The second kappa shape index (κ2) is 10.2. The summed E-state index contributed by atoms with van der Waals surface area (Å²) in [5.41, 5.74) is 4.80. The summed E-state index contributed by atoms with van der Waals surface area (Å²) < 4.78 is 13.2. The zero-order valence-electron chi connectivity index (χ0n) is 20.2. The number of imidazole rings is 1. The number of carbonyl (C=O) groups excluding carboxylic acids is 1. The fourth-order valence-electron chi connectivity index (χ4n) is 4.43. The van der Waals surface area contributed by atoms with Crippen LogP contribution in [-0.2, 0) is 13.2 Å². The predicted octanol–water partition coefficient (Wildman–Crippen LogP) is 4.19. The number of pyridine rings is 1. The summed E-state index contributed by atoms with van der Waals surface area (Å²) in [6, 6.07) is 19.6. The molecule has 0 radical (unpaired) electrons. The topological polar surface area (TPSA) is 59.3 Å². The lowest BCUT2D eigenvalue weighted by Crippen LogP contribution is -2.48. The zero-order chi connectivity index (χ0) is 24.2. The fraction of sp³-hybridized carbons (Fsp3) is 0.286. The molecule has 2 aromatic carbocycles. The number of fused-ring (bicyclic) bond motifs is 1. The van der Waals surface area contributed by atoms with Crippen LogP contribution >= 0.6 is 0 Å². The number of aromatic nitrogens is 2. The number of carbonyl (C=O) groups is 1. The van der Waals surface area contributed by atoms with Crippen molar-refractivity contribution in [2.75, 3.05) is 33.3 Å². The molecule has 0 unspecified atom stereocenters. The van der Waals surface area contributed by atoms with Gasteiger partial charge in [-0.25, -0.2) is 4.98 Å². The molecule has 0 spiro atoms. The monoisotopic (exact) mass is 470 g/mol. The van der Waals surface area contributed by atoms with Gasteiger partial charge < -0.3 is 18.8 Å². The minimum atomic E-state index is 0.0444. The highest BCUT2D eigenvalue weighted by molar-refractivity contribution is 5.94. The molecule has 0 bridgehead atoms. The first-order valence-electron chi connectivity index (χ1n) is 11.9. The van der Waals surface area contributed by atoms with Crippen molar-refractivity contribution in [3.05, 3.63) is 95.4 Å². The van der Waals surface area contributed by atoms with Crippen molar-refractivity contribution in [3.63, 3.8) is 0 Å². The minimum absolute atomic E-state index is 0.0444. The lowest BCUT2D eigenvalue weighted by atomic mass is 10.1. The molecular formula is C28H30N4O3. The Morgan fingerprint density at radius 3 is 2.51 bits per heavy atom. The summed E-state index contributed by atoms with van der Waals surface area (Å²) in [5.74, 6) is 1.58. The van der Waals surface area contributed by atoms with E-state index in [2.05, 4.69) is 22.0 Å². The summed E-state index contributed by atoms with van der Waals surface area (Å²) in [6.45, 7) is 6.38. The Bertz CT molecular complexity index is 1310. The normalized spacial score (nSPS) is 14.3. The summed E-state index contributed by atoms with van der Waals surface area (Å²) in [7, 11) is 1.68. The number of ether oxygens (including phenoxy) is 2. The molecule has 0 atom stereocenters. The van der Waals surface area contributed by atoms with Crippen LogP contribution in [-0.4, -0.2) is 58.4 Å². The van der Waals surface area contributed by atoms with E-state index in [9.17, 15) is 4.79 Å². The van der Waals surface area contributed by atoms with Crippen molar-refractivity contribution in [2.45, 2.75) is 20.1 Å². The fourth-order valence-corrected chi connectivity index (χ4v) is 4.43. The van der Waals surface area contributed by atoms with Crippen LogP contribution in [0.2, 0.25) is 0 Å². The predicted molar refractivity (Wildman–Crippen MR) is 135 cm³/mol. The molecule has 0 aliphatic carbocycles. The van der Waals surface area contributed by atoms with Crippen LogP contribution in [0, 0.1) is 6.92 Å². The van der Waals surface area contributed by atoms with Crippen molar-refractivity contribution >= 4 is 11.6 Å². The Hall–Kier alpha value is -3.84. The molecule has 0 saturated carbocycles. The third kappa shape index (κ3) is 5.30. The van der Waals surface area contributed by atoms with Gasteiger partial charge in [-0.2, -0.15) is 0 Å². The third-order valence-electron chi connectivity index (χ3n) is 6.42. The molecule has 7 heteroatoms. The second-order valence-electron chi connectivity index (χ2n) is 8.89. The Kier molecular flexibility index (Phi) is 6.68. The lowest BCUT2D eigenvalue weighted by molar-refractivity contribution is 0.0628. The Labute approximate surface area is 205 Å². The number of hydrogen-bond acceptors (Lipinski definition) is 5. The van der Waals surface area contributed by atoms with Gasteiger partial charge in [-0.1, -0.05) is 24.3 Å². The minimum Gasteiger partial charge on any atom is -0.497 e. The molecule has 2 aromatic heterocycles. The van der Waals surface area contributed by atoms with E-state index < -0.39 is 0 Å². The van der Waals surface area contributed by atoms with Crippen LogP contribution in [0.5, 0.6) is 11.5 Å². The lowest BCUT2D eigenvalue weighted by Gasteiger charge is -2.34. The number of hydrogen-bond donors (Lipinski definition) is 0. The number of rotatable bonds is 7. The van der Waals surface area contributed by atoms with Crippen LogP contribution in [0.15, 0.2) is 73.1 Å². The highest BCUT2D eigenvalue weighted by Gasteiger charge is 2.22. The van der Waals surface area contributed by atoms with Gasteiger partial charge in [-0.3, -0.25) is 9.69 Å². The maximum atomic E-state index is 13.1. The van der Waals surface area contributed by atoms with E-state index in [1.54, 1.807) is 7.11 Å². The Balaban J connectivity index is 1.16. The average Bonchev–Trinajstić information content (AvgIpc) is 3.33. The van der Waals surface area contributed by atoms with Gasteiger partial charge in [0.15, 0.2) is 0 Å². The summed E-state index contributed by atoms with van der Waals surface area (Å²) in [5, 5.41) is 0. The number of benzene rings is 2. The molecule has 0 N–H and O–H groups in total. The molecular weight excluding hydrogens is 440 g/mol. The molecule has 1 amide bonds. The Morgan fingerprint density at radius 2 is 1.77 bits per heavy atom. The molecule has 1 aliphatic heterocycles. The molecule has 7 nitrogen and oxygen atoms in total. The van der Waals surface area contributed by atoms with Crippen LogP contribution in [0.1, 0.15) is 27.2 Å². The quantitative estimate of drug-likeness (QED) is 0.405. The first-order valence-corrected chi connectivity index (χ1v) is 11.9. The van der Waals surface area contributed by atoms with E-state index in [0.717, 1.165) is 42.3 Å². The van der Waals surface area contributed by atoms with Gasteiger partial charge in [-0.15, -0.1) is 0 Å². The summed E-state index contributed by atoms with van der Waals surface area (Å²) >= 11 is 0. The van der Waals surface area contributed by atoms with E-state index in [0.29, 0.717) is 31.0 Å². The van der Waals surface area contributed by atoms with Gasteiger partial charge in [-0.05, 0) is 54.4 Å². The van der Waals surface area contributed by atoms with Gasteiger partial charge in [0.05, 0.1) is 12.8 Å². The molecule has 5 rings (SSSR count).